The van der Waals surface area contributed by atoms with E-state index in [1.54, 1.807) is 0 Å². The summed E-state index contributed by atoms with van der Waals surface area (Å²) in [5.41, 5.74) is -0.958. The third-order valence-electron chi connectivity index (χ3n) is 2.45. The average molecular weight is 320 g/mol. The molecule has 0 radical (unpaired) electrons. The van der Waals surface area contributed by atoms with Crippen molar-refractivity contribution in [3.8, 4) is 0 Å². The van der Waals surface area contributed by atoms with Crippen LogP contribution >= 0.6 is 11.8 Å². The van der Waals surface area contributed by atoms with Crippen LogP contribution in [0.1, 0.15) is 0 Å². The minimum atomic E-state index is -4.52. The molecular weight excluding hydrogens is 304 g/mol. The molecule has 5 N–H and O–H groups in total. The lowest BCUT2D eigenvalue weighted by molar-refractivity contribution is -0.205. The fraction of sp³-hybridized carbons (Fsp3) is 1.00. The fourth-order valence-electron chi connectivity index (χ4n) is 1.51. The van der Waals surface area contributed by atoms with Gasteiger partial charge in [0.05, 0.1) is 13.2 Å². The van der Waals surface area contributed by atoms with Gasteiger partial charge in [-0.1, -0.05) is 0 Å². The first-order valence-electron chi connectivity index (χ1n) is 5.30. The monoisotopic (exact) mass is 320 g/mol. The number of ether oxygens (including phenoxy) is 1. The lowest BCUT2D eigenvalue weighted by atomic mass is 10.0. The molecule has 1 aliphatic rings. The molecule has 0 amide bonds. The highest BCUT2D eigenvalue weighted by Gasteiger charge is 2.43. The number of aliphatic hydroxyl groups is 4. The minimum absolute atomic E-state index is 0.0441. The van der Waals surface area contributed by atoms with Gasteiger partial charge in [-0.15, -0.1) is 11.8 Å². The highest BCUT2D eigenvalue weighted by atomic mass is 32.3. The van der Waals surface area contributed by atoms with E-state index < -0.39 is 46.9 Å². The van der Waals surface area contributed by atoms with Crippen LogP contribution in [0.2, 0.25) is 0 Å². The van der Waals surface area contributed by atoms with Crippen LogP contribution in [0.3, 0.4) is 0 Å². The molecule has 9 nitrogen and oxygen atoms in total. The van der Waals surface area contributed by atoms with E-state index in [-0.39, 0.29) is 12.4 Å². The quantitative estimate of drug-likeness (QED) is 0.259. The van der Waals surface area contributed by atoms with Crippen LogP contribution in [0, 0.1) is 0 Å². The predicted molar refractivity (Wildman–Crippen MR) is 63.7 cm³/mol. The maximum absolute atomic E-state index is 10.3. The molecule has 5 atom stereocenters. The summed E-state index contributed by atoms with van der Waals surface area (Å²) in [7, 11) is -4.52. The summed E-state index contributed by atoms with van der Waals surface area (Å²) >= 11 is 0.916. The lowest BCUT2D eigenvalue weighted by Gasteiger charge is -2.39. The van der Waals surface area contributed by atoms with Crippen molar-refractivity contribution >= 4 is 22.2 Å². The topological polar surface area (TPSA) is 154 Å². The summed E-state index contributed by atoms with van der Waals surface area (Å²) in [5, 5.41) is 37.6. The highest BCUT2D eigenvalue weighted by molar-refractivity contribution is 7.99. The molecule has 0 bridgehead atoms. The van der Waals surface area contributed by atoms with E-state index in [0.717, 1.165) is 11.8 Å². The van der Waals surface area contributed by atoms with Gasteiger partial charge in [0, 0.05) is 5.75 Å². The molecule has 19 heavy (non-hydrogen) atoms. The maximum Gasteiger partial charge on any atom is 0.397 e. The van der Waals surface area contributed by atoms with Crippen molar-refractivity contribution in [3.05, 3.63) is 0 Å². The first-order chi connectivity index (χ1) is 8.76. The van der Waals surface area contributed by atoms with Crippen molar-refractivity contribution in [2.45, 2.75) is 29.9 Å². The Morgan fingerprint density at radius 2 is 1.79 bits per heavy atom. The van der Waals surface area contributed by atoms with Crippen LogP contribution in [0.5, 0.6) is 0 Å². The zero-order valence-corrected chi connectivity index (χ0v) is 11.3. The first-order valence-corrected chi connectivity index (χ1v) is 7.71. The first kappa shape index (κ1) is 17.1. The van der Waals surface area contributed by atoms with Crippen molar-refractivity contribution in [3.63, 3.8) is 0 Å². The van der Waals surface area contributed by atoms with E-state index in [4.69, 9.17) is 14.4 Å². The van der Waals surface area contributed by atoms with E-state index >= 15 is 0 Å². The normalized spacial score (nSPS) is 36.4. The van der Waals surface area contributed by atoms with Crippen molar-refractivity contribution in [1.82, 2.24) is 0 Å². The second-order valence-electron chi connectivity index (χ2n) is 3.82. The van der Waals surface area contributed by atoms with E-state index in [9.17, 15) is 23.7 Å². The number of aliphatic hydroxyl groups excluding tert-OH is 4. The smallest absolute Gasteiger partial charge is 0.394 e. The van der Waals surface area contributed by atoms with Gasteiger partial charge in [-0.25, -0.2) is 4.18 Å². The van der Waals surface area contributed by atoms with Crippen LogP contribution in [-0.2, 0) is 19.3 Å². The third kappa shape index (κ3) is 5.13. The Balaban J connectivity index is 2.44. The summed E-state index contributed by atoms with van der Waals surface area (Å²) in [4.78, 5) is 0. The van der Waals surface area contributed by atoms with Gasteiger partial charge in [0.1, 0.15) is 29.9 Å². The van der Waals surface area contributed by atoms with Crippen molar-refractivity contribution in [2.24, 2.45) is 0 Å². The molecule has 1 fully saturated rings. The lowest BCUT2D eigenvalue weighted by Crippen LogP contribution is -2.57. The fourth-order valence-corrected chi connectivity index (χ4v) is 2.90. The summed E-state index contributed by atoms with van der Waals surface area (Å²) in [6.45, 7) is -0.887. The van der Waals surface area contributed by atoms with Crippen LogP contribution in [0.15, 0.2) is 0 Å². The average Bonchev–Trinajstić information content (AvgIpc) is 2.33. The van der Waals surface area contributed by atoms with Gasteiger partial charge in [0.15, 0.2) is 0 Å². The zero-order valence-electron chi connectivity index (χ0n) is 9.69. The van der Waals surface area contributed by atoms with Gasteiger partial charge < -0.3 is 25.2 Å². The van der Waals surface area contributed by atoms with Crippen LogP contribution < -0.4 is 0 Å². The second-order valence-corrected chi connectivity index (χ2v) is 6.12. The molecule has 1 saturated heterocycles. The molecule has 0 saturated carbocycles. The number of hydrogen-bond donors (Lipinski definition) is 5. The number of rotatable bonds is 6. The molecule has 0 spiro atoms. The van der Waals surface area contributed by atoms with Gasteiger partial charge in [-0.2, -0.15) is 8.42 Å². The summed E-state index contributed by atoms with van der Waals surface area (Å²) in [5.74, 6) is 0.0441. The Morgan fingerprint density at radius 3 is 2.32 bits per heavy atom. The molecule has 0 aromatic rings. The molecule has 11 heteroatoms. The van der Waals surface area contributed by atoms with Crippen LogP contribution in [0.4, 0.5) is 0 Å². The Morgan fingerprint density at radius 1 is 1.16 bits per heavy atom. The van der Waals surface area contributed by atoms with E-state index in [0.29, 0.717) is 0 Å². The van der Waals surface area contributed by atoms with Crippen LogP contribution in [-0.4, -0.2) is 82.2 Å². The zero-order chi connectivity index (χ0) is 14.6. The molecule has 1 rings (SSSR count). The molecule has 114 valence electrons. The molecule has 1 heterocycles. The Kier molecular flexibility index (Phi) is 6.42. The molecular formula is C8H16O9S2. The summed E-state index contributed by atoms with van der Waals surface area (Å²) < 4.78 is 38.1. The van der Waals surface area contributed by atoms with Crippen molar-refractivity contribution < 1.29 is 42.3 Å². The minimum Gasteiger partial charge on any atom is -0.394 e. The van der Waals surface area contributed by atoms with Gasteiger partial charge in [-0.05, 0) is 0 Å². The molecule has 0 aliphatic carbocycles. The standard InChI is InChI=1S/C8H16O9S2/c9-3-4-5(10)6(11)7(12)8(17-4)18-2-1-16-19(13,14)15/h4-12H,1-3H2,(H,13,14,15)/t4-,5-,6+,7-,8+/m1/s1. The molecule has 0 aromatic carbocycles. The summed E-state index contributed by atoms with van der Waals surface area (Å²) in [6, 6.07) is 0. The van der Waals surface area contributed by atoms with Gasteiger partial charge in [-0.3, -0.25) is 4.55 Å². The maximum atomic E-state index is 10.3. The predicted octanol–water partition coefficient (Wildman–Crippen LogP) is -2.66. The number of hydrogen-bond acceptors (Lipinski definition) is 9. The molecule has 0 aromatic heterocycles. The van der Waals surface area contributed by atoms with Gasteiger partial charge in [0.25, 0.3) is 0 Å². The van der Waals surface area contributed by atoms with E-state index in [1.165, 1.54) is 0 Å². The Bertz CT molecular complexity index is 370. The van der Waals surface area contributed by atoms with Gasteiger partial charge >= 0.3 is 10.4 Å². The summed E-state index contributed by atoms with van der Waals surface area (Å²) in [6.07, 6.45) is -5.33. The van der Waals surface area contributed by atoms with E-state index in [2.05, 4.69) is 4.18 Å². The Hall–Kier alpha value is 0.0200. The van der Waals surface area contributed by atoms with Crippen LogP contribution in [0.25, 0.3) is 0 Å². The van der Waals surface area contributed by atoms with Gasteiger partial charge in [0.2, 0.25) is 0 Å². The van der Waals surface area contributed by atoms with Crippen molar-refractivity contribution in [2.75, 3.05) is 19.0 Å². The van der Waals surface area contributed by atoms with E-state index in [1.807, 2.05) is 0 Å². The Labute approximate surface area is 114 Å². The molecule has 1 aliphatic heterocycles. The largest absolute Gasteiger partial charge is 0.397 e. The molecule has 0 unspecified atom stereocenters. The third-order valence-corrected chi connectivity index (χ3v) is 4.03. The highest BCUT2D eigenvalue weighted by Crippen LogP contribution is 2.28. The van der Waals surface area contributed by atoms with Crippen molar-refractivity contribution in [1.29, 1.82) is 0 Å². The second kappa shape index (κ2) is 7.15. The SMILES string of the molecule is O=S(=O)(O)OCCS[C@@H]1O[C@H](CO)[C@@H](O)[C@H](O)[C@H]1O. The number of thioether (sulfide) groups is 1.